The molecule has 0 atom stereocenters. The number of carbonyl (C=O) groups excluding carboxylic acids is 1. The number of hydrogen-bond acceptors (Lipinski definition) is 3. The summed E-state index contributed by atoms with van der Waals surface area (Å²) in [6.07, 6.45) is 5.42. The SMILES string of the molecule is C=CCN(C)CCC(=O)O.NC(=O)N1CCCCC1. The molecule has 0 radical (unpaired) electrons. The highest BCUT2D eigenvalue weighted by Crippen LogP contribution is 2.07. The molecule has 0 aromatic carbocycles. The van der Waals surface area contributed by atoms with E-state index in [1.54, 1.807) is 11.0 Å². The van der Waals surface area contributed by atoms with Crippen LogP contribution in [-0.4, -0.2) is 60.1 Å². The molecular formula is C13H25N3O3. The summed E-state index contributed by atoms with van der Waals surface area (Å²) in [6.45, 7) is 6.58. The van der Waals surface area contributed by atoms with E-state index in [9.17, 15) is 9.59 Å². The number of aliphatic carboxylic acids is 1. The lowest BCUT2D eigenvalue weighted by Crippen LogP contribution is -2.39. The van der Waals surface area contributed by atoms with Gasteiger partial charge in [-0.2, -0.15) is 0 Å². The predicted molar refractivity (Wildman–Crippen MR) is 75.0 cm³/mol. The Hall–Kier alpha value is -1.56. The second-order valence-corrected chi connectivity index (χ2v) is 4.58. The summed E-state index contributed by atoms with van der Waals surface area (Å²) in [5.41, 5.74) is 5.05. The molecule has 0 aromatic heterocycles. The van der Waals surface area contributed by atoms with Crippen LogP contribution in [0.2, 0.25) is 0 Å². The third-order valence-electron chi connectivity index (χ3n) is 2.82. The van der Waals surface area contributed by atoms with E-state index >= 15 is 0 Å². The van der Waals surface area contributed by atoms with Crippen molar-refractivity contribution in [2.75, 3.05) is 33.2 Å². The van der Waals surface area contributed by atoms with E-state index in [1.165, 1.54) is 6.42 Å². The molecule has 1 aliphatic heterocycles. The third-order valence-corrected chi connectivity index (χ3v) is 2.82. The molecule has 1 rings (SSSR count). The largest absolute Gasteiger partial charge is 0.481 e. The van der Waals surface area contributed by atoms with Gasteiger partial charge in [0.25, 0.3) is 0 Å². The molecule has 0 spiro atoms. The molecular weight excluding hydrogens is 246 g/mol. The van der Waals surface area contributed by atoms with Crippen LogP contribution in [0.4, 0.5) is 4.79 Å². The van der Waals surface area contributed by atoms with E-state index in [2.05, 4.69) is 6.58 Å². The number of urea groups is 1. The number of carbonyl (C=O) groups is 2. The predicted octanol–water partition coefficient (Wildman–Crippen LogP) is 1.13. The number of amides is 2. The molecule has 6 heteroatoms. The fraction of sp³-hybridized carbons (Fsp3) is 0.692. The first-order chi connectivity index (χ1) is 8.97. The van der Waals surface area contributed by atoms with Crippen LogP contribution >= 0.6 is 0 Å². The Labute approximate surface area is 114 Å². The van der Waals surface area contributed by atoms with Gasteiger partial charge in [0.2, 0.25) is 0 Å². The van der Waals surface area contributed by atoms with Gasteiger partial charge >= 0.3 is 12.0 Å². The zero-order valence-corrected chi connectivity index (χ0v) is 11.7. The summed E-state index contributed by atoms with van der Waals surface area (Å²) in [4.78, 5) is 24.2. The van der Waals surface area contributed by atoms with Gasteiger partial charge in [-0.25, -0.2) is 4.79 Å². The van der Waals surface area contributed by atoms with Gasteiger partial charge in [-0.15, -0.1) is 6.58 Å². The van der Waals surface area contributed by atoms with E-state index in [4.69, 9.17) is 10.8 Å². The minimum Gasteiger partial charge on any atom is -0.481 e. The number of hydrogen-bond donors (Lipinski definition) is 2. The fourth-order valence-corrected chi connectivity index (χ4v) is 1.71. The van der Waals surface area contributed by atoms with Crippen LogP contribution in [0.15, 0.2) is 12.7 Å². The summed E-state index contributed by atoms with van der Waals surface area (Å²) < 4.78 is 0. The highest BCUT2D eigenvalue weighted by Gasteiger charge is 2.11. The van der Waals surface area contributed by atoms with Crippen molar-refractivity contribution in [3.05, 3.63) is 12.7 Å². The maximum absolute atomic E-state index is 10.5. The highest BCUT2D eigenvalue weighted by molar-refractivity contribution is 5.72. The number of primary amides is 1. The molecule has 3 N–H and O–H groups in total. The van der Waals surface area contributed by atoms with Crippen LogP contribution in [0.5, 0.6) is 0 Å². The van der Waals surface area contributed by atoms with Crippen molar-refractivity contribution in [2.24, 2.45) is 5.73 Å². The van der Waals surface area contributed by atoms with Crippen molar-refractivity contribution in [1.82, 2.24) is 9.80 Å². The van der Waals surface area contributed by atoms with Gasteiger partial charge in [0.05, 0.1) is 6.42 Å². The molecule has 1 heterocycles. The average Bonchev–Trinajstić information content (AvgIpc) is 2.38. The molecule has 0 unspecified atom stereocenters. The van der Waals surface area contributed by atoms with E-state index in [0.717, 1.165) is 32.5 Å². The molecule has 6 nitrogen and oxygen atoms in total. The lowest BCUT2D eigenvalue weighted by atomic mass is 10.1. The van der Waals surface area contributed by atoms with Crippen LogP contribution in [-0.2, 0) is 4.79 Å². The topological polar surface area (TPSA) is 86.9 Å². The first-order valence-corrected chi connectivity index (χ1v) is 6.53. The summed E-state index contributed by atoms with van der Waals surface area (Å²) in [6, 6.07) is -0.269. The Kier molecular flexibility index (Phi) is 9.52. The molecule has 0 bridgehead atoms. The molecule has 1 aliphatic rings. The third kappa shape index (κ3) is 10.1. The van der Waals surface area contributed by atoms with Crippen LogP contribution in [0, 0.1) is 0 Å². The Bertz CT molecular complexity index is 289. The van der Waals surface area contributed by atoms with E-state index in [1.807, 2.05) is 11.9 Å². The van der Waals surface area contributed by atoms with Crippen molar-refractivity contribution in [3.63, 3.8) is 0 Å². The van der Waals surface area contributed by atoms with Gasteiger partial charge in [-0.1, -0.05) is 6.08 Å². The molecule has 1 saturated heterocycles. The number of nitrogens with zero attached hydrogens (tertiary/aromatic N) is 2. The second-order valence-electron chi connectivity index (χ2n) is 4.58. The standard InChI is InChI=1S/C7H13NO2.C6H12N2O/c1-3-5-8(2)6-4-7(9)10;7-6(9)8-4-2-1-3-5-8/h3H,1,4-6H2,2H3,(H,9,10);1-5H2,(H2,7,9). The normalized spacial score (nSPS) is 14.5. The smallest absolute Gasteiger partial charge is 0.314 e. The Morgan fingerprint density at radius 1 is 1.37 bits per heavy atom. The Morgan fingerprint density at radius 2 is 1.95 bits per heavy atom. The summed E-state index contributed by atoms with van der Waals surface area (Å²) in [5, 5.41) is 8.28. The van der Waals surface area contributed by atoms with Crippen molar-refractivity contribution in [3.8, 4) is 0 Å². The van der Waals surface area contributed by atoms with Gasteiger partial charge < -0.3 is 20.6 Å². The minimum atomic E-state index is -0.754. The monoisotopic (exact) mass is 271 g/mol. The van der Waals surface area contributed by atoms with Crippen molar-refractivity contribution in [1.29, 1.82) is 0 Å². The quantitative estimate of drug-likeness (QED) is 0.734. The summed E-state index contributed by atoms with van der Waals surface area (Å²) in [7, 11) is 1.87. The van der Waals surface area contributed by atoms with Crippen LogP contribution in [0.1, 0.15) is 25.7 Å². The fourth-order valence-electron chi connectivity index (χ4n) is 1.71. The number of piperidine rings is 1. The Balaban J connectivity index is 0.000000342. The number of nitrogens with two attached hydrogens (primary N) is 1. The van der Waals surface area contributed by atoms with Crippen molar-refractivity contribution < 1.29 is 14.7 Å². The lowest BCUT2D eigenvalue weighted by molar-refractivity contribution is -0.137. The number of likely N-dealkylation sites (tertiary alicyclic amines) is 1. The molecule has 2 amide bonds. The van der Waals surface area contributed by atoms with Gasteiger partial charge in [0, 0.05) is 26.2 Å². The van der Waals surface area contributed by atoms with Crippen molar-refractivity contribution >= 4 is 12.0 Å². The van der Waals surface area contributed by atoms with E-state index in [-0.39, 0.29) is 12.5 Å². The molecule has 110 valence electrons. The maximum Gasteiger partial charge on any atom is 0.314 e. The van der Waals surface area contributed by atoms with Crippen molar-refractivity contribution in [2.45, 2.75) is 25.7 Å². The highest BCUT2D eigenvalue weighted by atomic mass is 16.4. The van der Waals surface area contributed by atoms with Crippen LogP contribution in [0.3, 0.4) is 0 Å². The molecule has 0 aliphatic carbocycles. The minimum absolute atomic E-state index is 0.199. The van der Waals surface area contributed by atoms with E-state index < -0.39 is 5.97 Å². The molecule has 0 saturated carbocycles. The van der Waals surface area contributed by atoms with Gasteiger partial charge in [-0.05, 0) is 26.3 Å². The van der Waals surface area contributed by atoms with Crippen LogP contribution in [0.25, 0.3) is 0 Å². The zero-order chi connectivity index (χ0) is 14.7. The molecule has 1 fully saturated rings. The summed E-state index contributed by atoms with van der Waals surface area (Å²) >= 11 is 0. The van der Waals surface area contributed by atoms with Gasteiger partial charge in [-0.3, -0.25) is 4.79 Å². The number of likely N-dealkylation sites (N-methyl/N-ethyl adjacent to an activating group) is 1. The second kappa shape index (κ2) is 10.4. The zero-order valence-electron chi connectivity index (χ0n) is 11.7. The van der Waals surface area contributed by atoms with Crippen LogP contribution < -0.4 is 5.73 Å². The maximum atomic E-state index is 10.5. The number of rotatable bonds is 5. The summed E-state index contributed by atoms with van der Waals surface area (Å²) in [5.74, 6) is -0.754. The molecule has 19 heavy (non-hydrogen) atoms. The Morgan fingerprint density at radius 3 is 2.32 bits per heavy atom. The molecule has 0 aromatic rings. The van der Waals surface area contributed by atoms with Gasteiger partial charge in [0.1, 0.15) is 0 Å². The lowest BCUT2D eigenvalue weighted by Gasteiger charge is -2.24. The number of carboxylic acids is 1. The van der Waals surface area contributed by atoms with Gasteiger partial charge in [0.15, 0.2) is 0 Å². The average molecular weight is 271 g/mol. The first kappa shape index (κ1) is 17.4. The number of carboxylic acid groups (broad SMARTS) is 1. The van der Waals surface area contributed by atoms with E-state index in [0.29, 0.717) is 6.54 Å². The first-order valence-electron chi connectivity index (χ1n) is 6.53.